The fourth-order valence-electron chi connectivity index (χ4n) is 11.9. The highest BCUT2D eigenvalue weighted by Crippen LogP contribution is 2.49. The van der Waals surface area contributed by atoms with Crippen molar-refractivity contribution in [1.82, 2.24) is 10.6 Å². The largest absolute Gasteiger partial charge is 0.314 e. The molecule has 342 valence electrons. The molecule has 3 atom stereocenters. The van der Waals surface area contributed by atoms with E-state index in [1.807, 2.05) is 12.1 Å². The van der Waals surface area contributed by atoms with Crippen molar-refractivity contribution in [3.63, 3.8) is 0 Å². The molecule has 4 heteroatoms. The number of Topliss-reactive ketones (excluding diaryl/α,β-unsaturated/α-hetero) is 2. The van der Waals surface area contributed by atoms with Crippen LogP contribution in [0.15, 0.2) is 158 Å². The number of hydrogen-bond donors (Lipinski definition) is 2. The monoisotopic (exact) mass is 892 g/mol. The van der Waals surface area contributed by atoms with E-state index in [1.54, 1.807) is 13.8 Å². The maximum atomic E-state index is 12.4. The van der Waals surface area contributed by atoms with E-state index >= 15 is 0 Å². The van der Waals surface area contributed by atoms with Crippen molar-refractivity contribution < 1.29 is 9.59 Å². The van der Waals surface area contributed by atoms with E-state index in [-0.39, 0.29) is 19.0 Å². The quantitative estimate of drug-likeness (QED) is 0.149. The van der Waals surface area contributed by atoms with E-state index in [9.17, 15) is 9.59 Å². The maximum Gasteiger partial charge on any atom is 0.159 e. The van der Waals surface area contributed by atoms with Crippen LogP contribution in [0.25, 0.3) is 66.1 Å². The molecule has 2 aliphatic carbocycles. The first-order chi connectivity index (χ1) is 32.6. The third kappa shape index (κ3) is 8.77. The van der Waals surface area contributed by atoms with Crippen LogP contribution in [0.1, 0.15) is 109 Å². The molecule has 8 aromatic carbocycles. The highest BCUT2D eigenvalue weighted by Gasteiger charge is 2.47. The third-order valence-corrected chi connectivity index (χ3v) is 15.9. The maximum absolute atomic E-state index is 12.4. The number of benzene rings is 8. The number of carbonyl (C=O) groups excluding carboxylic acids is 2. The molecular weight excluding hydrogens is 829 g/mol. The molecular formula is C64H64N2O2. The molecule has 0 radical (unpaired) electrons. The summed E-state index contributed by atoms with van der Waals surface area (Å²) in [6.07, 6.45) is 7.68. The summed E-state index contributed by atoms with van der Waals surface area (Å²) in [5.41, 5.74) is 16.7. The SMILES string of the molecule is C.CC(=O)c1cc(-c2ccc(C34CCNC(C3)C4)cc2)c2ccc(-c3ccc(C)cc3)cc2c1.CC(=O)c1cc(-c2ccc(C3CC4CCC3CN4)cc2)c2ccc(-c3ccc(C)cc3)cc2c1. The van der Waals surface area contributed by atoms with Gasteiger partial charge in [-0.15, -0.1) is 0 Å². The summed E-state index contributed by atoms with van der Waals surface area (Å²) in [4.78, 5) is 24.8. The van der Waals surface area contributed by atoms with Gasteiger partial charge in [0.1, 0.15) is 0 Å². The first-order valence-corrected chi connectivity index (χ1v) is 24.6. The second kappa shape index (κ2) is 18.6. The Balaban J connectivity index is 0.000000156. The van der Waals surface area contributed by atoms with Gasteiger partial charge in [0.2, 0.25) is 0 Å². The number of nitrogens with one attached hydrogen (secondary N) is 2. The molecule has 0 aromatic heterocycles. The summed E-state index contributed by atoms with van der Waals surface area (Å²) >= 11 is 0. The van der Waals surface area contributed by atoms with Gasteiger partial charge in [-0.05, 0) is 210 Å². The lowest BCUT2D eigenvalue weighted by Crippen LogP contribution is -2.58. The first kappa shape index (κ1) is 45.3. The second-order valence-corrected chi connectivity index (χ2v) is 20.3. The minimum atomic E-state index is 0. The standard InChI is InChI=1S/C32H31NO.C31H29NO.CH4/c1-20-3-5-22(6-4-20)25-12-14-30-28(15-25)16-27(21(2)34)17-32(30)24-9-7-23(8-10-24)31-18-29-13-11-26(31)19-33-29;1-20-3-5-22(6-4-20)24-9-12-29-26(15-24)16-25(21(2)33)17-30(29)23-7-10-27(11-8-23)31-13-14-32-28(18-31)19-31;/h3-10,12,14-17,26,29,31,33H,11,13,18-19H2,1-2H3;3-12,15-17,28,32H,13-14,18-19H2,1-2H3;1H4. The van der Waals surface area contributed by atoms with Crippen LogP contribution in [0.4, 0.5) is 0 Å². The van der Waals surface area contributed by atoms with Crippen LogP contribution in [-0.4, -0.2) is 36.7 Å². The summed E-state index contributed by atoms with van der Waals surface area (Å²) in [5.74, 6) is 1.64. The smallest absolute Gasteiger partial charge is 0.159 e. The van der Waals surface area contributed by atoms with Crippen LogP contribution in [0.5, 0.6) is 0 Å². The van der Waals surface area contributed by atoms with Gasteiger partial charge in [0.05, 0.1) is 0 Å². The van der Waals surface area contributed by atoms with Gasteiger partial charge in [0.15, 0.2) is 11.6 Å². The number of carbonyl (C=O) groups is 2. The average molecular weight is 893 g/mol. The molecule has 0 amide bonds. The van der Waals surface area contributed by atoms with Gasteiger partial charge in [0, 0.05) is 23.2 Å². The zero-order valence-corrected chi connectivity index (χ0v) is 39.3. The minimum absolute atomic E-state index is 0. The number of piperidine rings is 4. The molecule has 4 saturated heterocycles. The summed E-state index contributed by atoms with van der Waals surface area (Å²) in [6.45, 7) is 9.81. The Labute approximate surface area is 403 Å². The third-order valence-electron chi connectivity index (χ3n) is 15.9. The second-order valence-electron chi connectivity index (χ2n) is 20.3. The Morgan fingerprint density at radius 2 is 1.00 bits per heavy atom. The van der Waals surface area contributed by atoms with Gasteiger partial charge in [-0.25, -0.2) is 0 Å². The van der Waals surface area contributed by atoms with Crippen molar-refractivity contribution in [3.8, 4) is 44.5 Å². The molecule has 6 fully saturated rings. The van der Waals surface area contributed by atoms with Crippen LogP contribution in [0.3, 0.4) is 0 Å². The Morgan fingerprint density at radius 3 is 1.43 bits per heavy atom. The van der Waals surface area contributed by atoms with Gasteiger partial charge in [-0.2, -0.15) is 0 Å². The van der Waals surface area contributed by atoms with Gasteiger partial charge in [0.25, 0.3) is 0 Å². The molecule has 14 rings (SSSR count). The fourth-order valence-corrected chi connectivity index (χ4v) is 11.9. The van der Waals surface area contributed by atoms with E-state index < -0.39 is 0 Å². The number of fused-ring (bicyclic) bond motifs is 7. The Morgan fingerprint density at radius 1 is 0.515 bits per heavy atom. The van der Waals surface area contributed by atoms with Crippen LogP contribution in [-0.2, 0) is 5.41 Å². The lowest BCUT2D eigenvalue weighted by Gasteiger charge is -2.53. The lowest BCUT2D eigenvalue weighted by molar-refractivity contribution is 0.100. The van der Waals surface area contributed by atoms with Crippen LogP contribution >= 0.6 is 0 Å². The number of rotatable bonds is 8. The summed E-state index contributed by atoms with van der Waals surface area (Å²) < 4.78 is 0. The molecule has 2 N–H and O–H groups in total. The zero-order chi connectivity index (χ0) is 45.8. The molecule has 4 nitrogen and oxygen atoms in total. The van der Waals surface area contributed by atoms with Gasteiger partial charge in [-0.1, -0.05) is 140 Å². The highest BCUT2D eigenvalue weighted by atomic mass is 16.1. The predicted octanol–water partition coefficient (Wildman–Crippen LogP) is 15.3. The van der Waals surface area contributed by atoms with Crippen molar-refractivity contribution in [3.05, 3.63) is 191 Å². The van der Waals surface area contributed by atoms with Gasteiger partial charge >= 0.3 is 0 Å². The highest BCUT2D eigenvalue weighted by molar-refractivity contribution is 6.07. The van der Waals surface area contributed by atoms with Crippen molar-refractivity contribution in [1.29, 1.82) is 0 Å². The predicted molar refractivity (Wildman–Crippen MR) is 285 cm³/mol. The Hall–Kier alpha value is -6.46. The van der Waals surface area contributed by atoms with Crippen molar-refractivity contribution in [2.45, 2.75) is 97.1 Å². The molecule has 4 bridgehead atoms. The van der Waals surface area contributed by atoms with E-state index in [4.69, 9.17) is 0 Å². The zero-order valence-electron chi connectivity index (χ0n) is 39.3. The average Bonchev–Trinajstić information content (AvgIpc) is 3.36. The number of aryl methyl sites for hydroxylation is 2. The lowest BCUT2D eigenvalue weighted by atomic mass is 9.57. The van der Waals surface area contributed by atoms with Crippen LogP contribution in [0.2, 0.25) is 0 Å². The summed E-state index contributed by atoms with van der Waals surface area (Å²) in [6, 6.07) is 58.4. The molecule has 4 heterocycles. The Bertz CT molecular complexity index is 3150. The van der Waals surface area contributed by atoms with Crippen molar-refractivity contribution in [2.24, 2.45) is 5.92 Å². The summed E-state index contributed by atoms with van der Waals surface area (Å²) in [7, 11) is 0. The molecule has 4 aliphatic heterocycles. The minimum Gasteiger partial charge on any atom is -0.314 e. The number of ketones is 2. The molecule has 6 aliphatic rings. The van der Waals surface area contributed by atoms with Gasteiger partial charge < -0.3 is 10.6 Å². The first-order valence-electron chi connectivity index (χ1n) is 24.6. The van der Waals surface area contributed by atoms with Crippen molar-refractivity contribution >= 4 is 33.1 Å². The van der Waals surface area contributed by atoms with Crippen LogP contribution in [0, 0.1) is 19.8 Å². The van der Waals surface area contributed by atoms with E-state index in [0.717, 1.165) is 52.0 Å². The topological polar surface area (TPSA) is 58.2 Å². The molecule has 2 saturated carbocycles. The van der Waals surface area contributed by atoms with Crippen LogP contribution < -0.4 is 10.6 Å². The molecule has 3 unspecified atom stereocenters. The van der Waals surface area contributed by atoms with E-state index in [0.29, 0.717) is 23.4 Å². The van der Waals surface area contributed by atoms with Gasteiger partial charge in [-0.3, -0.25) is 9.59 Å². The molecule has 8 aromatic rings. The number of hydrogen-bond acceptors (Lipinski definition) is 4. The molecule has 68 heavy (non-hydrogen) atoms. The summed E-state index contributed by atoms with van der Waals surface area (Å²) in [5, 5.41) is 11.9. The normalized spacial score (nSPS) is 21.3. The molecule has 0 spiro atoms. The van der Waals surface area contributed by atoms with Crippen molar-refractivity contribution in [2.75, 3.05) is 13.1 Å². The fraction of sp³-hybridized carbons (Fsp3) is 0.281. The van der Waals surface area contributed by atoms with E-state index in [2.05, 4.69) is 170 Å². The van der Waals surface area contributed by atoms with E-state index in [1.165, 1.54) is 105 Å². The Kier molecular flexibility index (Phi) is 12.4.